The number of hydrogen-bond acceptors (Lipinski definition) is 2. The summed E-state index contributed by atoms with van der Waals surface area (Å²) in [6.45, 7) is 8.03. The zero-order valence-electron chi connectivity index (χ0n) is 10.4. The van der Waals surface area contributed by atoms with E-state index in [0.29, 0.717) is 5.41 Å². The Labute approximate surface area is 97.9 Å². The largest absolute Gasteiger partial charge is 0.320 e. The van der Waals surface area contributed by atoms with Gasteiger partial charge in [-0.05, 0) is 57.3 Å². The second kappa shape index (κ2) is 5.66. The average Bonchev–Trinajstić information content (AvgIpc) is 2.59. The van der Waals surface area contributed by atoms with E-state index in [1.165, 1.54) is 29.0 Å². The van der Waals surface area contributed by atoms with Gasteiger partial charge in [-0.2, -0.15) is 0 Å². The summed E-state index contributed by atoms with van der Waals surface area (Å²) in [5.41, 5.74) is 0.459. The molecule has 0 saturated carbocycles. The molecule has 86 valence electrons. The number of thiophene rings is 1. The highest BCUT2D eigenvalue weighted by molar-refractivity contribution is 7.11. The lowest BCUT2D eigenvalue weighted by atomic mass is 9.84. The predicted molar refractivity (Wildman–Crippen MR) is 69.7 cm³/mol. The molecule has 0 bridgehead atoms. The third kappa shape index (κ3) is 4.80. The van der Waals surface area contributed by atoms with Gasteiger partial charge in [0.15, 0.2) is 0 Å². The van der Waals surface area contributed by atoms with Crippen molar-refractivity contribution in [2.45, 2.75) is 40.0 Å². The van der Waals surface area contributed by atoms with Crippen molar-refractivity contribution in [3.05, 3.63) is 21.9 Å². The Hall–Kier alpha value is -0.340. The summed E-state index contributed by atoms with van der Waals surface area (Å²) in [5, 5.41) is 3.23. The van der Waals surface area contributed by atoms with E-state index in [1.54, 1.807) is 0 Å². The van der Waals surface area contributed by atoms with Gasteiger partial charge in [0, 0.05) is 9.75 Å². The van der Waals surface area contributed by atoms with Crippen molar-refractivity contribution in [2.75, 3.05) is 13.6 Å². The lowest BCUT2D eigenvalue weighted by Gasteiger charge is -2.24. The van der Waals surface area contributed by atoms with Crippen molar-refractivity contribution in [1.29, 1.82) is 0 Å². The van der Waals surface area contributed by atoms with Gasteiger partial charge in [-0.25, -0.2) is 0 Å². The molecule has 0 aliphatic rings. The molecule has 1 N–H and O–H groups in total. The van der Waals surface area contributed by atoms with E-state index in [2.05, 4.69) is 38.2 Å². The summed E-state index contributed by atoms with van der Waals surface area (Å²) in [6.07, 6.45) is 3.78. The minimum absolute atomic E-state index is 0.459. The second-order valence-corrected chi connectivity index (χ2v) is 6.40. The molecule has 0 saturated heterocycles. The van der Waals surface area contributed by atoms with E-state index in [-0.39, 0.29) is 0 Å². The number of aryl methyl sites for hydroxylation is 2. The SMILES string of the molecule is CNCCC(C)(C)CCc1ccc(C)s1. The molecule has 1 heterocycles. The minimum Gasteiger partial charge on any atom is -0.320 e. The maximum absolute atomic E-state index is 3.23. The molecule has 0 fully saturated rings. The fourth-order valence-electron chi connectivity index (χ4n) is 1.67. The van der Waals surface area contributed by atoms with Gasteiger partial charge < -0.3 is 5.32 Å². The zero-order chi connectivity index (χ0) is 11.3. The normalized spacial score (nSPS) is 12.0. The first kappa shape index (κ1) is 12.7. The van der Waals surface area contributed by atoms with Crippen LogP contribution in [-0.2, 0) is 6.42 Å². The lowest BCUT2D eigenvalue weighted by molar-refractivity contribution is 0.306. The van der Waals surface area contributed by atoms with E-state index >= 15 is 0 Å². The smallest absolute Gasteiger partial charge is 0.00482 e. The monoisotopic (exact) mass is 225 g/mol. The minimum atomic E-state index is 0.459. The van der Waals surface area contributed by atoms with Gasteiger partial charge in [-0.3, -0.25) is 0 Å². The Morgan fingerprint density at radius 1 is 1.27 bits per heavy atom. The van der Waals surface area contributed by atoms with Crippen LogP contribution in [0.2, 0.25) is 0 Å². The van der Waals surface area contributed by atoms with Gasteiger partial charge in [0.05, 0.1) is 0 Å². The summed E-state index contributed by atoms with van der Waals surface area (Å²) in [6, 6.07) is 4.49. The lowest BCUT2D eigenvalue weighted by Crippen LogP contribution is -2.20. The molecule has 1 aromatic heterocycles. The van der Waals surface area contributed by atoms with Crippen molar-refractivity contribution in [3.63, 3.8) is 0 Å². The maximum Gasteiger partial charge on any atom is 0.00482 e. The highest BCUT2D eigenvalue weighted by Crippen LogP contribution is 2.28. The molecule has 15 heavy (non-hydrogen) atoms. The molecule has 0 aromatic carbocycles. The molecular weight excluding hydrogens is 202 g/mol. The molecule has 0 atom stereocenters. The molecule has 0 radical (unpaired) electrons. The fourth-order valence-corrected chi connectivity index (χ4v) is 2.56. The fraction of sp³-hybridized carbons (Fsp3) is 0.692. The molecule has 0 aliphatic carbocycles. The van der Waals surface area contributed by atoms with E-state index in [9.17, 15) is 0 Å². The summed E-state index contributed by atoms with van der Waals surface area (Å²) in [4.78, 5) is 2.96. The van der Waals surface area contributed by atoms with Crippen LogP contribution in [0.1, 0.15) is 36.4 Å². The van der Waals surface area contributed by atoms with Crippen LogP contribution in [0.3, 0.4) is 0 Å². The van der Waals surface area contributed by atoms with Crippen LogP contribution >= 0.6 is 11.3 Å². The Bertz CT molecular complexity index is 288. The van der Waals surface area contributed by atoms with Crippen LogP contribution < -0.4 is 5.32 Å². The summed E-state index contributed by atoms with van der Waals surface area (Å²) in [7, 11) is 2.03. The van der Waals surface area contributed by atoms with Crippen LogP contribution in [-0.4, -0.2) is 13.6 Å². The van der Waals surface area contributed by atoms with E-state index in [0.717, 1.165) is 6.54 Å². The quantitative estimate of drug-likeness (QED) is 0.779. The third-order valence-electron chi connectivity index (χ3n) is 2.90. The molecule has 2 heteroatoms. The Balaban J connectivity index is 2.35. The van der Waals surface area contributed by atoms with E-state index in [4.69, 9.17) is 0 Å². The highest BCUT2D eigenvalue weighted by atomic mass is 32.1. The highest BCUT2D eigenvalue weighted by Gasteiger charge is 2.17. The number of rotatable bonds is 6. The molecule has 0 amide bonds. The third-order valence-corrected chi connectivity index (χ3v) is 3.96. The first-order chi connectivity index (χ1) is 7.03. The number of hydrogen-bond donors (Lipinski definition) is 1. The molecule has 1 aromatic rings. The van der Waals surface area contributed by atoms with Gasteiger partial charge in [0.25, 0.3) is 0 Å². The van der Waals surface area contributed by atoms with Crippen molar-refractivity contribution in [3.8, 4) is 0 Å². The number of nitrogens with one attached hydrogen (secondary N) is 1. The van der Waals surface area contributed by atoms with Gasteiger partial charge in [-0.15, -0.1) is 11.3 Å². The van der Waals surface area contributed by atoms with Gasteiger partial charge in [0.2, 0.25) is 0 Å². The molecule has 0 spiro atoms. The van der Waals surface area contributed by atoms with Crippen LogP contribution in [0.25, 0.3) is 0 Å². The van der Waals surface area contributed by atoms with Crippen molar-refractivity contribution < 1.29 is 0 Å². The van der Waals surface area contributed by atoms with Crippen molar-refractivity contribution in [2.24, 2.45) is 5.41 Å². The maximum atomic E-state index is 3.23. The van der Waals surface area contributed by atoms with Crippen LogP contribution in [0, 0.1) is 12.3 Å². The Morgan fingerprint density at radius 2 is 2.00 bits per heavy atom. The summed E-state index contributed by atoms with van der Waals surface area (Å²) < 4.78 is 0. The molecule has 0 aliphatic heterocycles. The first-order valence-corrected chi connectivity index (χ1v) is 6.55. The second-order valence-electron chi connectivity index (χ2n) is 5.03. The van der Waals surface area contributed by atoms with Crippen LogP contribution in [0.4, 0.5) is 0 Å². The van der Waals surface area contributed by atoms with Gasteiger partial charge in [-0.1, -0.05) is 13.8 Å². The van der Waals surface area contributed by atoms with Crippen molar-refractivity contribution in [1.82, 2.24) is 5.32 Å². The van der Waals surface area contributed by atoms with E-state index in [1.807, 2.05) is 18.4 Å². The first-order valence-electron chi connectivity index (χ1n) is 5.73. The van der Waals surface area contributed by atoms with Crippen LogP contribution in [0.5, 0.6) is 0 Å². The van der Waals surface area contributed by atoms with Gasteiger partial charge >= 0.3 is 0 Å². The summed E-state index contributed by atoms with van der Waals surface area (Å²) >= 11 is 1.94. The Kier molecular flexibility index (Phi) is 4.81. The van der Waals surface area contributed by atoms with Crippen LogP contribution in [0.15, 0.2) is 12.1 Å². The molecular formula is C13H23NS. The predicted octanol–water partition coefficient (Wildman–Crippen LogP) is 3.62. The zero-order valence-corrected chi connectivity index (χ0v) is 11.2. The van der Waals surface area contributed by atoms with Crippen molar-refractivity contribution >= 4 is 11.3 Å². The average molecular weight is 225 g/mol. The molecule has 1 nitrogen and oxygen atoms in total. The van der Waals surface area contributed by atoms with E-state index < -0.39 is 0 Å². The molecule has 0 unspecified atom stereocenters. The standard InChI is InChI=1S/C13H23NS/c1-11-5-6-12(15-11)7-8-13(2,3)9-10-14-4/h5-6,14H,7-10H2,1-4H3. The summed E-state index contributed by atoms with van der Waals surface area (Å²) in [5.74, 6) is 0. The molecule has 1 rings (SSSR count). The van der Waals surface area contributed by atoms with Gasteiger partial charge in [0.1, 0.15) is 0 Å². The topological polar surface area (TPSA) is 12.0 Å². The Morgan fingerprint density at radius 3 is 2.53 bits per heavy atom.